The lowest BCUT2D eigenvalue weighted by atomic mass is 10.2. The first-order valence-corrected chi connectivity index (χ1v) is 8.42. The summed E-state index contributed by atoms with van der Waals surface area (Å²) in [6.45, 7) is 5.08. The molecule has 2 heterocycles. The van der Waals surface area contributed by atoms with Crippen LogP contribution < -0.4 is 0 Å². The molecule has 1 aliphatic heterocycles. The summed E-state index contributed by atoms with van der Waals surface area (Å²) in [5.74, 6) is -0.330. The lowest BCUT2D eigenvalue weighted by Crippen LogP contribution is -2.37. The Kier molecular flexibility index (Phi) is 5.05. The topological polar surface area (TPSA) is 51.7 Å². The standard InChI is InChI=1S/C17H20N2O3S/c1-12-15(17(20)21-2)23-16(18-12)14-11-19(8-9-22-14)10-13-6-4-3-5-7-13/h3-7,14H,8-11H2,1-2H3/t14-/m0/s1. The van der Waals surface area contributed by atoms with Gasteiger partial charge in [-0.3, -0.25) is 4.90 Å². The number of hydrogen-bond acceptors (Lipinski definition) is 6. The van der Waals surface area contributed by atoms with Crippen LogP contribution in [0.1, 0.15) is 32.0 Å². The van der Waals surface area contributed by atoms with Crippen molar-refractivity contribution in [2.45, 2.75) is 19.6 Å². The second-order valence-electron chi connectivity index (χ2n) is 5.54. The van der Waals surface area contributed by atoms with Crippen LogP contribution in [-0.4, -0.2) is 42.7 Å². The number of esters is 1. The Morgan fingerprint density at radius 2 is 2.22 bits per heavy atom. The molecule has 0 N–H and O–H groups in total. The van der Waals surface area contributed by atoms with Crippen LogP contribution >= 0.6 is 11.3 Å². The minimum Gasteiger partial charge on any atom is -0.465 e. The maximum absolute atomic E-state index is 11.7. The van der Waals surface area contributed by atoms with E-state index in [0.717, 1.165) is 24.6 Å². The van der Waals surface area contributed by atoms with E-state index < -0.39 is 0 Å². The van der Waals surface area contributed by atoms with E-state index >= 15 is 0 Å². The molecular formula is C17H20N2O3S. The van der Waals surface area contributed by atoms with E-state index in [2.05, 4.69) is 34.1 Å². The number of carbonyl (C=O) groups is 1. The Hall–Kier alpha value is -1.76. The summed E-state index contributed by atoms with van der Waals surface area (Å²) in [7, 11) is 1.39. The zero-order valence-corrected chi connectivity index (χ0v) is 14.1. The van der Waals surface area contributed by atoms with Gasteiger partial charge in [0, 0.05) is 19.6 Å². The predicted octanol–water partition coefficient (Wildman–Crippen LogP) is 2.81. The van der Waals surface area contributed by atoms with Gasteiger partial charge in [-0.15, -0.1) is 11.3 Å². The Bertz CT molecular complexity index is 672. The summed E-state index contributed by atoms with van der Waals surface area (Å²) in [5.41, 5.74) is 2.00. The molecule has 1 atom stereocenters. The second kappa shape index (κ2) is 7.21. The monoisotopic (exact) mass is 332 g/mol. The van der Waals surface area contributed by atoms with Gasteiger partial charge in [0.15, 0.2) is 0 Å². The molecule has 0 radical (unpaired) electrons. The van der Waals surface area contributed by atoms with Crippen LogP contribution in [0.25, 0.3) is 0 Å². The Morgan fingerprint density at radius 3 is 2.96 bits per heavy atom. The molecule has 0 unspecified atom stereocenters. The molecule has 1 fully saturated rings. The summed E-state index contributed by atoms with van der Waals surface area (Å²) in [5, 5.41) is 0.848. The molecule has 1 aliphatic rings. The van der Waals surface area contributed by atoms with Crippen molar-refractivity contribution in [1.82, 2.24) is 9.88 Å². The fourth-order valence-corrected chi connectivity index (χ4v) is 3.70. The van der Waals surface area contributed by atoms with E-state index in [9.17, 15) is 4.79 Å². The molecule has 2 aromatic rings. The minimum absolute atomic E-state index is 0.0884. The quantitative estimate of drug-likeness (QED) is 0.806. The summed E-state index contributed by atoms with van der Waals surface area (Å²) in [4.78, 5) is 19.2. The lowest BCUT2D eigenvalue weighted by molar-refractivity contribution is -0.0330. The average molecular weight is 332 g/mol. The molecule has 1 aromatic carbocycles. The number of thiazole rings is 1. The fraction of sp³-hybridized carbons (Fsp3) is 0.412. The molecule has 6 heteroatoms. The highest BCUT2D eigenvalue weighted by atomic mass is 32.1. The van der Waals surface area contributed by atoms with Crippen molar-refractivity contribution in [1.29, 1.82) is 0 Å². The van der Waals surface area contributed by atoms with Crippen LogP contribution in [0.3, 0.4) is 0 Å². The number of methoxy groups -OCH3 is 1. The summed E-state index contributed by atoms with van der Waals surface area (Å²) in [6, 6.07) is 10.4. The van der Waals surface area contributed by atoms with Crippen molar-refractivity contribution in [3.05, 3.63) is 51.5 Å². The predicted molar refractivity (Wildman–Crippen MR) is 88.6 cm³/mol. The SMILES string of the molecule is COC(=O)c1sc([C@@H]2CN(Cc3ccccc3)CCO2)nc1C. The highest BCUT2D eigenvalue weighted by Crippen LogP contribution is 2.29. The van der Waals surface area contributed by atoms with Crippen LogP contribution in [0.4, 0.5) is 0 Å². The van der Waals surface area contributed by atoms with Crippen molar-refractivity contribution in [3.63, 3.8) is 0 Å². The third kappa shape index (κ3) is 3.77. The number of ether oxygens (including phenoxy) is 2. The number of hydrogen-bond donors (Lipinski definition) is 0. The first-order valence-electron chi connectivity index (χ1n) is 7.61. The van der Waals surface area contributed by atoms with Gasteiger partial charge in [-0.25, -0.2) is 9.78 Å². The molecule has 0 saturated carbocycles. The fourth-order valence-electron chi connectivity index (χ4n) is 2.67. The number of carbonyl (C=O) groups excluding carboxylic acids is 1. The molecule has 0 amide bonds. The van der Waals surface area contributed by atoms with Gasteiger partial charge in [0.1, 0.15) is 16.0 Å². The number of morpholine rings is 1. The zero-order chi connectivity index (χ0) is 16.2. The van der Waals surface area contributed by atoms with Crippen molar-refractivity contribution >= 4 is 17.3 Å². The van der Waals surface area contributed by atoms with E-state index in [1.54, 1.807) is 0 Å². The van der Waals surface area contributed by atoms with Crippen LogP contribution in [0, 0.1) is 6.92 Å². The number of aryl methyl sites for hydroxylation is 1. The van der Waals surface area contributed by atoms with Crippen molar-refractivity contribution in [2.24, 2.45) is 0 Å². The van der Waals surface area contributed by atoms with Gasteiger partial charge in [-0.05, 0) is 12.5 Å². The van der Waals surface area contributed by atoms with Gasteiger partial charge in [0.2, 0.25) is 0 Å². The molecule has 3 rings (SSSR count). The van der Waals surface area contributed by atoms with Gasteiger partial charge < -0.3 is 9.47 Å². The van der Waals surface area contributed by atoms with Crippen molar-refractivity contribution in [3.8, 4) is 0 Å². The molecule has 5 nitrogen and oxygen atoms in total. The molecular weight excluding hydrogens is 312 g/mol. The maximum Gasteiger partial charge on any atom is 0.349 e. The van der Waals surface area contributed by atoms with Crippen molar-refractivity contribution < 1.29 is 14.3 Å². The van der Waals surface area contributed by atoms with Gasteiger partial charge in [0.05, 0.1) is 19.4 Å². The molecule has 23 heavy (non-hydrogen) atoms. The normalized spacial score (nSPS) is 18.8. The molecule has 0 aliphatic carbocycles. The lowest BCUT2D eigenvalue weighted by Gasteiger charge is -2.31. The van der Waals surface area contributed by atoms with Gasteiger partial charge in [-0.2, -0.15) is 0 Å². The number of rotatable bonds is 4. The minimum atomic E-state index is -0.330. The highest BCUT2D eigenvalue weighted by Gasteiger charge is 2.27. The zero-order valence-electron chi connectivity index (χ0n) is 13.3. The average Bonchev–Trinajstić information content (AvgIpc) is 2.97. The summed E-state index contributed by atoms with van der Waals surface area (Å²) >= 11 is 1.37. The summed E-state index contributed by atoms with van der Waals surface area (Å²) < 4.78 is 10.7. The van der Waals surface area contributed by atoms with Crippen LogP contribution in [0.15, 0.2) is 30.3 Å². The van der Waals surface area contributed by atoms with E-state index in [1.807, 2.05) is 13.0 Å². The molecule has 0 bridgehead atoms. The van der Waals surface area contributed by atoms with Crippen LogP contribution in [-0.2, 0) is 16.0 Å². The Morgan fingerprint density at radius 1 is 1.43 bits per heavy atom. The Labute approximate surface area is 139 Å². The number of aromatic nitrogens is 1. The second-order valence-corrected chi connectivity index (χ2v) is 6.57. The van der Waals surface area contributed by atoms with E-state index in [0.29, 0.717) is 17.2 Å². The first kappa shape index (κ1) is 16.1. The molecule has 122 valence electrons. The number of nitrogens with zero attached hydrogens (tertiary/aromatic N) is 2. The molecule has 1 saturated heterocycles. The van der Waals surface area contributed by atoms with Crippen LogP contribution in [0.2, 0.25) is 0 Å². The van der Waals surface area contributed by atoms with E-state index in [1.165, 1.54) is 24.0 Å². The Balaban J connectivity index is 1.70. The smallest absolute Gasteiger partial charge is 0.349 e. The van der Waals surface area contributed by atoms with E-state index in [-0.39, 0.29) is 12.1 Å². The number of benzene rings is 1. The third-order valence-corrected chi connectivity index (χ3v) is 5.09. The summed E-state index contributed by atoms with van der Waals surface area (Å²) in [6.07, 6.45) is -0.0884. The molecule has 0 spiro atoms. The largest absolute Gasteiger partial charge is 0.465 e. The first-order chi connectivity index (χ1) is 11.2. The van der Waals surface area contributed by atoms with Gasteiger partial charge in [-0.1, -0.05) is 30.3 Å². The maximum atomic E-state index is 11.7. The van der Waals surface area contributed by atoms with Gasteiger partial charge in [0.25, 0.3) is 0 Å². The van der Waals surface area contributed by atoms with E-state index in [4.69, 9.17) is 9.47 Å². The van der Waals surface area contributed by atoms with Crippen LogP contribution in [0.5, 0.6) is 0 Å². The third-order valence-electron chi connectivity index (χ3n) is 3.86. The van der Waals surface area contributed by atoms with Crippen molar-refractivity contribution in [2.75, 3.05) is 26.8 Å². The molecule has 1 aromatic heterocycles. The highest BCUT2D eigenvalue weighted by molar-refractivity contribution is 7.13. The van der Waals surface area contributed by atoms with Gasteiger partial charge >= 0.3 is 5.97 Å².